The number of carbonyl (C=O) groups is 3. The van der Waals surface area contributed by atoms with Gasteiger partial charge in [0.25, 0.3) is 5.91 Å². The second-order valence-electron chi connectivity index (χ2n) is 8.01. The van der Waals surface area contributed by atoms with E-state index >= 15 is 0 Å². The van der Waals surface area contributed by atoms with Crippen LogP contribution in [0.5, 0.6) is 0 Å². The first-order valence-electron chi connectivity index (χ1n) is 10.9. The summed E-state index contributed by atoms with van der Waals surface area (Å²) in [6.45, 7) is -0.456. The fourth-order valence-corrected chi connectivity index (χ4v) is 4.25. The average Bonchev–Trinajstić information content (AvgIpc) is 3.17. The Morgan fingerprint density at radius 2 is 1.68 bits per heavy atom. The first kappa shape index (κ1) is 31.5. The molecule has 0 saturated carbocycles. The molecule has 7 nitrogen and oxygen atoms in total. The molecule has 1 aromatic heterocycles. The number of nitrogens with one attached hydrogen (secondary N) is 2. The molecule has 1 amide bonds. The summed E-state index contributed by atoms with van der Waals surface area (Å²) in [4.78, 5) is 36.4. The maximum Gasteiger partial charge on any atom is 0.310 e. The second-order valence-corrected chi connectivity index (χ2v) is 8.83. The molecule has 0 bridgehead atoms. The number of benzene rings is 3. The summed E-state index contributed by atoms with van der Waals surface area (Å²) in [5.41, 5.74) is 2.90. The number of thiol groups is 1. The predicted molar refractivity (Wildman–Crippen MR) is 151 cm³/mol. The molecule has 2 radical (unpaired) electrons. The number of aryl methyl sites for hydroxylation is 1. The average molecular weight is 737 g/mol. The molecule has 0 unspecified atom stereocenters. The molecular weight excluding hydrogens is 716 g/mol. The number of nitrogens with zero attached hydrogens (tertiary/aromatic N) is 1. The van der Waals surface area contributed by atoms with Gasteiger partial charge in [-0.15, -0.1) is 0 Å². The maximum atomic E-state index is 12.5. The van der Waals surface area contributed by atoms with E-state index in [4.69, 9.17) is 35.8 Å². The Bertz CT molecular complexity index is 1480. The minimum absolute atomic E-state index is 0. The SMILES string of the molecule is [B]C(=O)c1cn(C)c2cc(NC(=O)COC(=O)Cc3ccccc3Nc3c(Cl)cccc3Cl)ccc12.[SH-].[W]. The summed E-state index contributed by atoms with van der Waals surface area (Å²) >= 11 is 12.5. The van der Waals surface area contributed by atoms with E-state index in [0.29, 0.717) is 43.6 Å². The number of carbonyl (C=O) groups excluding carboxylic acids is 3. The zero-order valence-corrected chi connectivity index (χ0v) is 25.4. The van der Waals surface area contributed by atoms with Crippen molar-refractivity contribution in [2.45, 2.75) is 6.42 Å². The smallest absolute Gasteiger partial charge is 0.310 e. The van der Waals surface area contributed by atoms with Crippen molar-refractivity contribution in [1.29, 1.82) is 0 Å². The minimum Gasteiger partial charge on any atom is -0.813 e. The molecule has 12 heteroatoms. The van der Waals surface area contributed by atoms with Crippen LogP contribution in [0.25, 0.3) is 10.9 Å². The van der Waals surface area contributed by atoms with E-state index in [-0.39, 0.29) is 41.0 Å². The van der Waals surface area contributed by atoms with Gasteiger partial charge in [0.05, 0.1) is 27.7 Å². The number of fused-ring (bicyclic) bond motifs is 1. The molecular formula is C26H21BCl2N3O4SW-. The zero-order chi connectivity index (χ0) is 25.8. The summed E-state index contributed by atoms with van der Waals surface area (Å²) in [6.07, 6.45) is 1.57. The van der Waals surface area contributed by atoms with Gasteiger partial charge >= 0.3 is 5.97 Å². The van der Waals surface area contributed by atoms with Gasteiger partial charge in [0, 0.05) is 56.6 Å². The van der Waals surface area contributed by atoms with Crippen LogP contribution >= 0.6 is 23.2 Å². The summed E-state index contributed by atoms with van der Waals surface area (Å²) in [5, 5.41) is 7.41. The molecule has 0 aliphatic rings. The number of halogens is 2. The van der Waals surface area contributed by atoms with Gasteiger partial charge in [-0.25, -0.2) is 0 Å². The van der Waals surface area contributed by atoms with Crippen molar-refractivity contribution >= 4 is 90.1 Å². The number of amides is 1. The van der Waals surface area contributed by atoms with Crippen molar-refractivity contribution in [2.75, 3.05) is 17.2 Å². The molecule has 194 valence electrons. The van der Waals surface area contributed by atoms with E-state index in [1.807, 2.05) is 6.07 Å². The molecule has 0 aliphatic heterocycles. The predicted octanol–water partition coefficient (Wildman–Crippen LogP) is 4.99. The quantitative estimate of drug-likeness (QED) is 0.115. The van der Waals surface area contributed by atoms with Gasteiger partial charge in [0.15, 0.2) is 14.5 Å². The van der Waals surface area contributed by atoms with Crippen molar-refractivity contribution in [3.05, 3.63) is 88.0 Å². The number of ether oxygens (including phenoxy) is 1. The van der Waals surface area contributed by atoms with Crippen molar-refractivity contribution in [1.82, 2.24) is 4.57 Å². The molecule has 0 atom stereocenters. The van der Waals surface area contributed by atoms with Crippen LogP contribution in [-0.2, 0) is 62.4 Å². The third kappa shape index (κ3) is 7.44. The second kappa shape index (κ2) is 13.9. The van der Waals surface area contributed by atoms with Gasteiger partial charge in [-0.1, -0.05) is 53.5 Å². The van der Waals surface area contributed by atoms with Crippen molar-refractivity contribution in [2.24, 2.45) is 7.05 Å². The standard InChI is InChI=1S/C26H20BCl2N3O4.H2S.W/c1-32-13-18(26(27)35)17-10-9-16(12-22(17)32)30-23(33)14-36-24(34)11-15-5-2-3-8-21(15)31-25-19(28)6-4-7-20(25)29;;/h2-10,12-13,31H,11,14H2,1H3,(H,30,33);1H2;/p-1. The van der Waals surface area contributed by atoms with Crippen molar-refractivity contribution < 1.29 is 40.2 Å². The fourth-order valence-electron chi connectivity index (χ4n) is 3.76. The molecule has 4 aromatic rings. The molecule has 4 rings (SSSR count). The molecule has 0 saturated heterocycles. The van der Waals surface area contributed by atoms with Crippen molar-refractivity contribution in [3.8, 4) is 0 Å². The number of rotatable bonds is 8. The van der Waals surface area contributed by atoms with Crippen LogP contribution in [-0.4, -0.2) is 36.6 Å². The summed E-state index contributed by atoms with van der Waals surface area (Å²) in [6, 6.07) is 17.4. The van der Waals surface area contributed by atoms with E-state index in [1.54, 1.807) is 72.4 Å². The van der Waals surface area contributed by atoms with E-state index in [2.05, 4.69) is 10.6 Å². The fraction of sp³-hybridized carbons (Fsp3) is 0.115. The molecule has 2 N–H and O–H groups in total. The Labute approximate surface area is 252 Å². The van der Waals surface area contributed by atoms with Gasteiger partial charge in [0.2, 0.25) is 0 Å². The third-order valence-electron chi connectivity index (χ3n) is 5.48. The number of aromatic nitrogens is 1. The number of esters is 1. The molecule has 1 heterocycles. The largest absolute Gasteiger partial charge is 0.813 e. The Hall–Kier alpha value is -2.71. The van der Waals surface area contributed by atoms with Crippen LogP contribution in [0.4, 0.5) is 17.1 Å². The Morgan fingerprint density at radius 3 is 2.37 bits per heavy atom. The number of hydrogen-bond donors (Lipinski definition) is 2. The zero-order valence-electron chi connectivity index (χ0n) is 20.0. The van der Waals surface area contributed by atoms with Crippen LogP contribution in [0.15, 0.2) is 66.9 Å². The van der Waals surface area contributed by atoms with Crippen LogP contribution in [0, 0.1) is 0 Å². The normalized spacial score (nSPS) is 10.2. The van der Waals surface area contributed by atoms with Crippen molar-refractivity contribution in [3.63, 3.8) is 0 Å². The molecule has 38 heavy (non-hydrogen) atoms. The number of hydrogen-bond acceptors (Lipinski definition) is 6. The minimum atomic E-state index is -0.575. The van der Waals surface area contributed by atoms with E-state index in [1.165, 1.54) is 0 Å². The van der Waals surface area contributed by atoms with E-state index in [9.17, 15) is 14.4 Å². The van der Waals surface area contributed by atoms with Gasteiger partial charge in [-0.05, 0) is 35.9 Å². The topological polar surface area (TPSA) is 89.4 Å². The summed E-state index contributed by atoms with van der Waals surface area (Å²) < 4.78 is 6.92. The first-order valence-corrected chi connectivity index (χ1v) is 11.6. The molecule has 0 fully saturated rings. The maximum absolute atomic E-state index is 12.5. The summed E-state index contributed by atoms with van der Waals surface area (Å²) in [7, 11) is 7.18. The Balaban J connectivity index is 0.00000253. The van der Waals surface area contributed by atoms with Gasteiger partial charge < -0.3 is 38.2 Å². The van der Waals surface area contributed by atoms with E-state index in [0.717, 1.165) is 5.52 Å². The van der Waals surface area contributed by atoms with Crippen LogP contribution in [0.1, 0.15) is 15.9 Å². The first-order chi connectivity index (χ1) is 17.2. The van der Waals surface area contributed by atoms with Gasteiger partial charge in [0.1, 0.15) is 5.68 Å². The van der Waals surface area contributed by atoms with E-state index < -0.39 is 24.2 Å². The monoisotopic (exact) mass is 736 g/mol. The molecule has 3 aromatic carbocycles. The number of anilines is 3. The Kier molecular flexibility index (Phi) is 11.5. The van der Waals surface area contributed by atoms with Crippen LogP contribution in [0.2, 0.25) is 10.0 Å². The summed E-state index contributed by atoms with van der Waals surface area (Å²) in [5.74, 6) is -1.07. The van der Waals surface area contributed by atoms with Gasteiger partial charge in [-0.2, -0.15) is 0 Å². The Morgan fingerprint density at radius 1 is 1.00 bits per heavy atom. The molecule has 0 aliphatic carbocycles. The van der Waals surface area contributed by atoms with Gasteiger partial charge in [-0.3, -0.25) is 9.59 Å². The third-order valence-corrected chi connectivity index (χ3v) is 6.11. The number of para-hydroxylation sites is 2. The van der Waals surface area contributed by atoms with Crippen LogP contribution < -0.4 is 10.6 Å². The van der Waals surface area contributed by atoms with Crippen LogP contribution in [0.3, 0.4) is 0 Å². The molecule has 0 spiro atoms.